The average Bonchev–Trinajstić information content (AvgIpc) is 2.51. The van der Waals surface area contributed by atoms with Crippen molar-refractivity contribution in [2.75, 3.05) is 0 Å². The van der Waals surface area contributed by atoms with E-state index in [1.807, 2.05) is 27.7 Å². The maximum Gasteiger partial charge on any atom is 0.480 e. The Morgan fingerprint density at radius 3 is 2.16 bits per heavy atom. The third-order valence-electron chi connectivity index (χ3n) is 3.93. The second-order valence-corrected chi connectivity index (χ2v) is 5.89. The molecule has 1 atom stereocenters. The molecule has 104 valence electrons. The van der Waals surface area contributed by atoms with E-state index in [4.69, 9.17) is 15.0 Å². The molecule has 0 saturated carbocycles. The van der Waals surface area contributed by atoms with Crippen LogP contribution in [0.5, 0.6) is 11.5 Å². The molecule has 0 radical (unpaired) electrons. The van der Waals surface area contributed by atoms with E-state index in [1.165, 1.54) is 18.2 Å². The molecular weight excluding hydrogens is 245 g/mol. The van der Waals surface area contributed by atoms with Crippen molar-refractivity contribution in [3.63, 3.8) is 0 Å². The molecule has 19 heavy (non-hydrogen) atoms. The summed E-state index contributed by atoms with van der Waals surface area (Å²) in [5.74, 6) is -0.618. The van der Waals surface area contributed by atoms with E-state index < -0.39 is 24.3 Å². The first-order valence-electron chi connectivity index (χ1n) is 6.27. The van der Waals surface area contributed by atoms with Crippen LogP contribution in [-0.4, -0.2) is 28.5 Å². The number of benzene rings is 1. The van der Waals surface area contributed by atoms with E-state index in [-0.39, 0.29) is 11.5 Å². The van der Waals surface area contributed by atoms with Gasteiger partial charge in [0.1, 0.15) is 11.5 Å². The van der Waals surface area contributed by atoms with Crippen LogP contribution in [0.2, 0.25) is 0 Å². The second-order valence-electron chi connectivity index (χ2n) is 5.89. The quantitative estimate of drug-likeness (QED) is 0.560. The lowest BCUT2D eigenvalue weighted by atomic mass is 9.74. The van der Waals surface area contributed by atoms with Crippen LogP contribution in [0.1, 0.15) is 39.2 Å². The third kappa shape index (κ3) is 2.43. The topological polar surface area (TPSA) is 84.9 Å². The summed E-state index contributed by atoms with van der Waals surface area (Å²) < 4.78 is 11.7. The number of rotatable bonds is 2. The first kappa shape index (κ1) is 14.2. The van der Waals surface area contributed by atoms with Crippen LogP contribution in [0.4, 0.5) is 0 Å². The minimum atomic E-state index is -0.673. The molecule has 1 aromatic rings. The monoisotopic (exact) mass is 265 g/mol. The Morgan fingerprint density at radius 2 is 1.63 bits per heavy atom. The van der Waals surface area contributed by atoms with Crippen molar-refractivity contribution in [1.29, 1.82) is 0 Å². The molecule has 0 amide bonds. The SMILES string of the molecule is CC1(C)OB([C@@H](N)c2cc(O)ccc2O)OC1(C)C. The van der Waals surface area contributed by atoms with Crippen molar-refractivity contribution in [3.05, 3.63) is 23.8 Å². The molecule has 5 nitrogen and oxygen atoms in total. The summed E-state index contributed by atoms with van der Waals surface area (Å²) in [5.41, 5.74) is 5.52. The number of phenolic OH excluding ortho intramolecular Hbond substituents is 2. The second kappa shape index (κ2) is 4.40. The van der Waals surface area contributed by atoms with Gasteiger partial charge < -0.3 is 25.3 Å². The molecule has 0 aromatic heterocycles. The van der Waals surface area contributed by atoms with Crippen molar-refractivity contribution in [1.82, 2.24) is 0 Å². The first-order chi connectivity index (χ1) is 8.64. The maximum atomic E-state index is 9.82. The zero-order valence-corrected chi connectivity index (χ0v) is 11.7. The zero-order valence-electron chi connectivity index (χ0n) is 11.7. The maximum absolute atomic E-state index is 9.82. The van der Waals surface area contributed by atoms with E-state index in [9.17, 15) is 10.2 Å². The lowest BCUT2D eigenvalue weighted by Crippen LogP contribution is -2.41. The molecule has 1 aliphatic rings. The highest BCUT2D eigenvalue weighted by atomic mass is 16.7. The van der Waals surface area contributed by atoms with Crippen LogP contribution in [0.25, 0.3) is 0 Å². The molecule has 6 heteroatoms. The predicted octanol–water partition coefficient (Wildman–Crippen LogP) is 1.73. The first-order valence-corrected chi connectivity index (χ1v) is 6.27. The minimum Gasteiger partial charge on any atom is -0.508 e. The summed E-state index contributed by atoms with van der Waals surface area (Å²) in [6.07, 6.45) is 0. The Labute approximate surface area is 113 Å². The number of hydrogen-bond donors (Lipinski definition) is 3. The summed E-state index contributed by atoms with van der Waals surface area (Å²) in [6.45, 7) is 7.73. The molecule has 4 N–H and O–H groups in total. The number of nitrogens with two attached hydrogens (primary N) is 1. The van der Waals surface area contributed by atoms with E-state index in [0.717, 1.165) is 0 Å². The highest BCUT2D eigenvalue weighted by molar-refractivity contribution is 6.47. The molecule has 0 spiro atoms. The summed E-state index contributed by atoms with van der Waals surface area (Å²) in [5, 5.41) is 19.3. The van der Waals surface area contributed by atoms with Crippen molar-refractivity contribution in [2.24, 2.45) is 5.73 Å². The molecule has 1 heterocycles. The predicted molar refractivity (Wildman–Crippen MR) is 72.8 cm³/mol. The highest BCUT2D eigenvalue weighted by Gasteiger charge is 2.53. The van der Waals surface area contributed by atoms with Crippen LogP contribution in [0.3, 0.4) is 0 Å². The van der Waals surface area contributed by atoms with Crippen LogP contribution in [0, 0.1) is 0 Å². The van der Waals surface area contributed by atoms with Gasteiger partial charge in [-0.1, -0.05) is 0 Å². The molecule has 0 bridgehead atoms. The van der Waals surface area contributed by atoms with Gasteiger partial charge in [-0.25, -0.2) is 0 Å². The number of aromatic hydroxyl groups is 2. The number of hydrogen-bond acceptors (Lipinski definition) is 5. The molecule has 0 aliphatic carbocycles. The standard InChI is InChI=1S/C13H20BNO4/c1-12(2)13(3,4)19-14(18-12)11(15)9-7-8(16)5-6-10(9)17/h5-7,11,16-17H,15H2,1-4H3/t11-/m0/s1. The minimum absolute atomic E-state index is 0.0139. The molecule has 1 fully saturated rings. The van der Waals surface area contributed by atoms with Crippen molar-refractivity contribution < 1.29 is 19.5 Å². The normalized spacial score (nSPS) is 22.5. The molecule has 0 unspecified atom stereocenters. The van der Waals surface area contributed by atoms with E-state index in [0.29, 0.717) is 5.56 Å². The molecule has 1 aromatic carbocycles. The lowest BCUT2D eigenvalue weighted by molar-refractivity contribution is 0.00578. The molecule has 1 saturated heterocycles. The van der Waals surface area contributed by atoms with Gasteiger partial charge in [0.25, 0.3) is 0 Å². The summed E-state index contributed by atoms with van der Waals surface area (Å²) in [7, 11) is -0.669. The fraction of sp³-hybridized carbons (Fsp3) is 0.538. The lowest BCUT2D eigenvalue weighted by Gasteiger charge is -2.32. The highest BCUT2D eigenvalue weighted by Crippen LogP contribution is 2.41. The summed E-state index contributed by atoms with van der Waals surface area (Å²) in [4.78, 5) is 0. The zero-order chi connectivity index (χ0) is 14.4. The van der Waals surface area contributed by atoms with E-state index in [1.54, 1.807) is 0 Å². The molecular formula is C13H20BNO4. The Bertz CT molecular complexity index is 474. The third-order valence-corrected chi connectivity index (χ3v) is 3.93. The van der Waals surface area contributed by atoms with Gasteiger partial charge in [0.2, 0.25) is 0 Å². The number of phenols is 2. The Kier molecular flexibility index (Phi) is 3.29. The Balaban J connectivity index is 2.27. The van der Waals surface area contributed by atoms with E-state index >= 15 is 0 Å². The average molecular weight is 265 g/mol. The fourth-order valence-electron chi connectivity index (χ4n) is 1.99. The smallest absolute Gasteiger partial charge is 0.480 e. The van der Waals surface area contributed by atoms with Gasteiger partial charge in [-0.2, -0.15) is 0 Å². The van der Waals surface area contributed by atoms with Crippen LogP contribution >= 0.6 is 0 Å². The van der Waals surface area contributed by atoms with Gasteiger partial charge >= 0.3 is 7.12 Å². The van der Waals surface area contributed by atoms with Crippen molar-refractivity contribution in [3.8, 4) is 11.5 Å². The van der Waals surface area contributed by atoms with Gasteiger partial charge in [0.05, 0.1) is 17.1 Å². The van der Waals surface area contributed by atoms with Crippen LogP contribution in [0.15, 0.2) is 18.2 Å². The molecule has 2 rings (SSSR count). The van der Waals surface area contributed by atoms with Crippen LogP contribution in [-0.2, 0) is 9.31 Å². The summed E-state index contributed by atoms with van der Waals surface area (Å²) >= 11 is 0. The van der Waals surface area contributed by atoms with Gasteiger partial charge in [-0.15, -0.1) is 0 Å². The fourth-order valence-corrected chi connectivity index (χ4v) is 1.99. The van der Waals surface area contributed by atoms with Crippen LogP contribution < -0.4 is 5.73 Å². The van der Waals surface area contributed by atoms with Gasteiger partial charge in [0.15, 0.2) is 0 Å². The Morgan fingerprint density at radius 1 is 1.11 bits per heavy atom. The van der Waals surface area contributed by atoms with Crippen molar-refractivity contribution in [2.45, 2.75) is 44.8 Å². The van der Waals surface area contributed by atoms with Gasteiger partial charge in [0, 0.05) is 5.56 Å². The Hall–Kier alpha value is -1.24. The van der Waals surface area contributed by atoms with Gasteiger partial charge in [-0.05, 0) is 45.9 Å². The summed E-state index contributed by atoms with van der Waals surface area (Å²) in [6, 6.07) is 4.22. The van der Waals surface area contributed by atoms with Gasteiger partial charge in [-0.3, -0.25) is 0 Å². The van der Waals surface area contributed by atoms with Crippen molar-refractivity contribution >= 4 is 7.12 Å². The van der Waals surface area contributed by atoms with E-state index in [2.05, 4.69) is 0 Å². The largest absolute Gasteiger partial charge is 0.508 e. The molecule has 1 aliphatic heterocycles.